The van der Waals surface area contributed by atoms with Crippen LogP contribution in [0.4, 0.5) is 0 Å². The fourth-order valence-corrected chi connectivity index (χ4v) is 6.90. The summed E-state index contributed by atoms with van der Waals surface area (Å²) in [4.78, 5) is 18.5. The SMILES string of the molecule is Cn1c(=O)n2c3ccccc3nc2c2ccc(-c3c4ccccc4c(-c4ccc5ccccc5c4)c4ccccc34)cc21. The summed E-state index contributed by atoms with van der Waals surface area (Å²) in [7, 11) is 1.85. The number of aromatic nitrogens is 3. The van der Waals surface area contributed by atoms with Crippen LogP contribution in [0.15, 0.2) is 138 Å². The Balaban J connectivity index is 1.37. The number of nitrogens with zero attached hydrogens (tertiary/aromatic N) is 3. The van der Waals surface area contributed by atoms with E-state index in [-0.39, 0.29) is 5.69 Å². The third-order valence-electron chi connectivity index (χ3n) is 8.90. The lowest BCUT2D eigenvalue weighted by Crippen LogP contribution is -2.24. The van der Waals surface area contributed by atoms with Crippen molar-refractivity contribution in [1.29, 1.82) is 0 Å². The van der Waals surface area contributed by atoms with E-state index in [2.05, 4.69) is 109 Å². The molecule has 4 nitrogen and oxygen atoms in total. The van der Waals surface area contributed by atoms with E-state index in [9.17, 15) is 4.79 Å². The predicted octanol–water partition coefficient (Wildman–Crippen LogP) is 9.13. The number of fused-ring (bicyclic) bond motifs is 8. The molecule has 4 heteroatoms. The minimum atomic E-state index is -0.102. The number of imidazole rings is 1. The van der Waals surface area contributed by atoms with E-state index in [0.29, 0.717) is 5.65 Å². The molecule has 0 bridgehead atoms. The molecule has 2 aromatic heterocycles. The largest absolute Gasteiger partial charge is 0.334 e. The number of hydrogen-bond donors (Lipinski definition) is 0. The van der Waals surface area contributed by atoms with Gasteiger partial charge in [0.25, 0.3) is 0 Å². The highest BCUT2D eigenvalue weighted by Crippen LogP contribution is 2.44. The van der Waals surface area contributed by atoms with Crippen LogP contribution in [-0.4, -0.2) is 14.0 Å². The fraction of sp³-hybridized carbons (Fsp3) is 0.0256. The summed E-state index contributed by atoms with van der Waals surface area (Å²) in [5.41, 5.74) is 7.76. The molecule has 202 valence electrons. The van der Waals surface area contributed by atoms with Gasteiger partial charge in [0.1, 0.15) is 0 Å². The van der Waals surface area contributed by atoms with Gasteiger partial charge in [-0.25, -0.2) is 14.2 Å². The molecule has 7 aromatic carbocycles. The lowest BCUT2D eigenvalue weighted by Gasteiger charge is -2.18. The van der Waals surface area contributed by atoms with Crippen LogP contribution in [0.3, 0.4) is 0 Å². The van der Waals surface area contributed by atoms with Crippen LogP contribution in [0.5, 0.6) is 0 Å². The third kappa shape index (κ3) is 3.38. The van der Waals surface area contributed by atoms with Gasteiger partial charge in [0.05, 0.1) is 16.6 Å². The van der Waals surface area contributed by atoms with Gasteiger partial charge in [-0.05, 0) is 84.9 Å². The highest BCUT2D eigenvalue weighted by atomic mass is 16.1. The molecule has 0 saturated carbocycles. The highest BCUT2D eigenvalue weighted by Gasteiger charge is 2.19. The minimum Gasteiger partial charge on any atom is -0.296 e. The first-order valence-electron chi connectivity index (χ1n) is 14.5. The molecule has 2 heterocycles. The standard InChI is InChI=1S/C39H25N3O/c1-41-35-23-27(20-21-32(35)38-40-33-16-8-9-17-34(33)42(38)39(41)43)37-30-14-6-4-12-28(30)36(29-13-5-7-15-31(29)37)26-19-18-24-10-2-3-11-25(24)22-26/h2-23H,1H3. The highest BCUT2D eigenvalue weighted by molar-refractivity contribution is 6.22. The molecule has 0 saturated heterocycles. The molecule has 0 spiro atoms. The van der Waals surface area contributed by atoms with Gasteiger partial charge in [-0.3, -0.25) is 4.57 Å². The molecule has 0 aliphatic rings. The summed E-state index contributed by atoms with van der Waals surface area (Å²) >= 11 is 0. The summed E-state index contributed by atoms with van der Waals surface area (Å²) in [6.45, 7) is 0. The molecule has 0 unspecified atom stereocenters. The molecule has 0 aliphatic carbocycles. The Hall–Kier alpha value is -5.74. The first-order valence-corrected chi connectivity index (χ1v) is 14.5. The van der Waals surface area contributed by atoms with Crippen LogP contribution in [0, 0.1) is 0 Å². The van der Waals surface area contributed by atoms with E-state index in [4.69, 9.17) is 4.98 Å². The molecule has 0 radical (unpaired) electrons. The maximum atomic E-state index is 13.7. The lowest BCUT2D eigenvalue weighted by molar-refractivity contribution is 0.836. The fourth-order valence-electron chi connectivity index (χ4n) is 6.90. The zero-order valence-corrected chi connectivity index (χ0v) is 23.5. The number of para-hydroxylation sites is 2. The topological polar surface area (TPSA) is 39.3 Å². The Morgan fingerprint density at radius 1 is 0.512 bits per heavy atom. The maximum Gasteiger partial charge on any atom is 0.334 e. The quantitative estimate of drug-likeness (QED) is 0.201. The second-order valence-electron chi connectivity index (χ2n) is 11.2. The zero-order chi connectivity index (χ0) is 28.7. The second kappa shape index (κ2) is 8.88. The summed E-state index contributed by atoms with van der Waals surface area (Å²) in [6, 6.07) is 46.9. The van der Waals surface area contributed by atoms with Crippen LogP contribution in [-0.2, 0) is 7.05 Å². The van der Waals surface area contributed by atoms with Gasteiger partial charge in [0.2, 0.25) is 0 Å². The van der Waals surface area contributed by atoms with Crippen LogP contribution in [0.2, 0.25) is 0 Å². The molecule has 0 fully saturated rings. The van der Waals surface area contributed by atoms with Crippen molar-refractivity contribution in [3.63, 3.8) is 0 Å². The summed E-state index contributed by atoms with van der Waals surface area (Å²) < 4.78 is 3.47. The number of hydrogen-bond acceptors (Lipinski definition) is 2. The molecular weight excluding hydrogens is 526 g/mol. The van der Waals surface area contributed by atoms with Crippen LogP contribution in [0.25, 0.3) is 82.2 Å². The zero-order valence-electron chi connectivity index (χ0n) is 23.5. The van der Waals surface area contributed by atoms with Crippen molar-refractivity contribution in [1.82, 2.24) is 14.0 Å². The number of benzene rings is 7. The molecule has 0 aliphatic heterocycles. The summed E-state index contributed by atoms with van der Waals surface area (Å²) in [5.74, 6) is 0. The van der Waals surface area contributed by atoms with Gasteiger partial charge in [-0.1, -0.05) is 103 Å². The van der Waals surface area contributed by atoms with E-state index in [0.717, 1.165) is 27.5 Å². The Kier molecular flexibility index (Phi) is 4.94. The predicted molar refractivity (Wildman–Crippen MR) is 179 cm³/mol. The molecule has 0 atom stereocenters. The van der Waals surface area contributed by atoms with Gasteiger partial charge in [0.15, 0.2) is 5.65 Å². The third-order valence-corrected chi connectivity index (χ3v) is 8.90. The van der Waals surface area contributed by atoms with Crippen molar-refractivity contribution < 1.29 is 0 Å². The minimum absolute atomic E-state index is 0.102. The van der Waals surface area contributed by atoms with Gasteiger partial charge in [-0.15, -0.1) is 0 Å². The lowest BCUT2D eigenvalue weighted by atomic mass is 9.85. The molecule has 9 aromatic rings. The molecule has 0 amide bonds. The second-order valence-corrected chi connectivity index (χ2v) is 11.2. The monoisotopic (exact) mass is 551 g/mol. The smallest absolute Gasteiger partial charge is 0.296 e. The van der Waals surface area contributed by atoms with E-state index < -0.39 is 0 Å². The van der Waals surface area contributed by atoms with E-state index >= 15 is 0 Å². The van der Waals surface area contributed by atoms with Crippen molar-refractivity contribution >= 4 is 59.9 Å². The van der Waals surface area contributed by atoms with Gasteiger partial charge < -0.3 is 0 Å². The average Bonchev–Trinajstić information content (AvgIpc) is 3.45. The van der Waals surface area contributed by atoms with Gasteiger partial charge >= 0.3 is 5.69 Å². The van der Waals surface area contributed by atoms with Gasteiger partial charge in [-0.2, -0.15) is 0 Å². The van der Waals surface area contributed by atoms with Crippen molar-refractivity contribution in [2.24, 2.45) is 7.05 Å². The maximum absolute atomic E-state index is 13.7. The first-order chi connectivity index (χ1) is 21.2. The Bertz CT molecular complexity index is 2600. The van der Waals surface area contributed by atoms with E-state index in [1.165, 1.54) is 49.0 Å². The van der Waals surface area contributed by atoms with Crippen LogP contribution in [0.1, 0.15) is 0 Å². The van der Waals surface area contributed by atoms with Gasteiger partial charge in [0, 0.05) is 12.4 Å². The molecule has 9 rings (SSSR count). The van der Waals surface area contributed by atoms with Crippen molar-refractivity contribution in [2.45, 2.75) is 0 Å². The van der Waals surface area contributed by atoms with Crippen LogP contribution < -0.4 is 5.69 Å². The van der Waals surface area contributed by atoms with Crippen LogP contribution >= 0.6 is 0 Å². The van der Waals surface area contributed by atoms with Crippen molar-refractivity contribution in [2.75, 3.05) is 0 Å². The van der Waals surface area contributed by atoms with Crippen molar-refractivity contribution in [3.8, 4) is 22.3 Å². The number of aryl methyl sites for hydroxylation is 1. The van der Waals surface area contributed by atoms with E-state index in [1.807, 2.05) is 31.3 Å². The summed E-state index contributed by atoms with van der Waals surface area (Å²) in [5, 5.41) is 8.18. The number of rotatable bonds is 2. The van der Waals surface area contributed by atoms with Crippen molar-refractivity contribution in [3.05, 3.63) is 144 Å². The Morgan fingerprint density at radius 3 is 1.77 bits per heavy atom. The normalized spacial score (nSPS) is 11.9. The average molecular weight is 552 g/mol. The molecule has 0 N–H and O–H groups in total. The Labute approximate surface area is 246 Å². The Morgan fingerprint density at radius 2 is 1.07 bits per heavy atom. The first kappa shape index (κ1) is 23.9. The summed E-state index contributed by atoms with van der Waals surface area (Å²) in [6.07, 6.45) is 0. The van der Waals surface area contributed by atoms with E-state index in [1.54, 1.807) is 8.97 Å². The molecular formula is C39H25N3O. The molecule has 43 heavy (non-hydrogen) atoms.